The Hall–Kier alpha value is -2.45. The molecular formula is C15H13NO6S. The fourth-order valence-electron chi connectivity index (χ4n) is 2.03. The van der Waals surface area contributed by atoms with E-state index in [1.54, 1.807) is 18.2 Å². The smallest absolute Gasteiger partial charge is 0.288 e. The van der Waals surface area contributed by atoms with Crippen LogP contribution in [0.3, 0.4) is 0 Å². The van der Waals surface area contributed by atoms with Crippen molar-refractivity contribution in [3.8, 4) is 5.75 Å². The van der Waals surface area contributed by atoms with Gasteiger partial charge in [0.25, 0.3) is 5.69 Å². The first-order chi connectivity index (χ1) is 11.0. The molecule has 120 valence electrons. The first-order valence-electron chi connectivity index (χ1n) is 6.81. The molecule has 3 rings (SSSR count). The van der Waals surface area contributed by atoms with Crippen molar-refractivity contribution in [2.45, 2.75) is 15.9 Å². The van der Waals surface area contributed by atoms with Gasteiger partial charge in [0.1, 0.15) is 18.5 Å². The SMILES string of the molecule is O=[N+]([O-])c1ccc(OCC2CO2)cc1S(=O)(=O)c1ccccc1. The lowest BCUT2D eigenvalue weighted by Crippen LogP contribution is -2.08. The summed E-state index contributed by atoms with van der Waals surface area (Å²) in [5.41, 5.74) is -0.483. The van der Waals surface area contributed by atoms with Crippen LogP contribution in [0.2, 0.25) is 0 Å². The van der Waals surface area contributed by atoms with E-state index in [4.69, 9.17) is 9.47 Å². The molecule has 0 saturated carbocycles. The Labute approximate surface area is 132 Å². The molecule has 0 aromatic heterocycles. The first kappa shape index (κ1) is 15.4. The summed E-state index contributed by atoms with van der Waals surface area (Å²) in [5.74, 6) is 0.251. The van der Waals surface area contributed by atoms with Gasteiger partial charge in [-0.1, -0.05) is 18.2 Å². The number of hydrogen-bond donors (Lipinski definition) is 0. The van der Waals surface area contributed by atoms with E-state index < -0.39 is 20.4 Å². The van der Waals surface area contributed by atoms with Gasteiger partial charge in [-0.3, -0.25) is 10.1 Å². The maximum atomic E-state index is 12.7. The van der Waals surface area contributed by atoms with E-state index in [-0.39, 0.29) is 28.3 Å². The van der Waals surface area contributed by atoms with Crippen molar-refractivity contribution in [3.05, 3.63) is 58.6 Å². The molecule has 1 atom stereocenters. The third-order valence-corrected chi connectivity index (χ3v) is 5.11. The maximum Gasteiger partial charge on any atom is 0.288 e. The zero-order valence-corrected chi connectivity index (χ0v) is 12.7. The zero-order chi connectivity index (χ0) is 16.4. The third kappa shape index (κ3) is 3.33. The summed E-state index contributed by atoms with van der Waals surface area (Å²) in [6, 6.07) is 11.3. The quantitative estimate of drug-likeness (QED) is 0.456. The highest BCUT2D eigenvalue weighted by Crippen LogP contribution is 2.32. The van der Waals surface area contributed by atoms with E-state index in [0.29, 0.717) is 6.61 Å². The summed E-state index contributed by atoms with van der Waals surface area (Å²) in [7, 11) is -4.01. The van der Waals surface area contributed by atoms with Crippen molar-refractivity contribution in [2.75, 3.05) is 13.2 Å². The van der Waals surface area contributed by atoms with Crippen LogP contribution in [0.4, 0.5) is 5.69 Å². The molecule has 1 fully saturated rings. The lowest BCUT2D eigenvalue weighted by Gasteiger charge is -2.09. The Kier molecular flexibility index (Phi) is 4.01. The van der Waals surface area contributed by atoms with Gasteiger partial charge < -0.3 is 9.47 Å². The van der Waals surface area contributed by atoms with E-state index >= 15 is 0 Å². The van der Waals surface area contributed by atoms with Gasteiger partial charge in [0.2, 0.25) is 9.84 Å². The minimum absolute atomic E-state index is 0.000581. The molecule has 0 spiro atoms. The molecule has 0 aliphatic carbocycles. The first-order valence-corrected chi connectivity index (χ1v) is 8.30. The highest BCUT2D eigenvalue weighted by molar-refractivity contribution is 7.91. The monoisotopic (exact) mass is 335 g/mol. The average Bonchev–Trinajstić information content (AvgIpc) is 3.37. The van der Waals surface area contributed by atoms with Crippen molar-refractivity contribution in [2.24, 2.45) is 0 Å². The third-order valence-electron chi connectivity index (χ3n) is 3.31. The predicted octanol–water partition coefficient (Wildman–Crippen LogP) is 2.21. The molecule has 2 aromatic carbocycles. The van der Waals surface area contributed by atoms with Crippen molar-refractivity contribution < 1.29 is 22.8 Å². The molecule has 1 aliphatic heterocycles. The summed E-state index contributed by atoms with van der Waals surface area (Å²) in [6.07, 6.45) is -0.000581. The zero-order valence-electron chi connectivity index (χ0n) is 11.9. The number of epoxide rings is 1. The fourth-order valence-corrected chi connectivity index (χ4v) is 3.49. The molecule has 0 amide bonds. The molecular weight excluding hydrogens is 322 g/mol. The number of nitro groups is 1. The van der Waals surface area contributed by atoms with Crippen LogP contribution in [0.1, 0.15) is 0 Å². The number of nitrogens with zero attached hydrogens (tertiary/aromatic N) is 1. The predicted molar refractivity (Wildman–Crippen MR) is 80.2 cm³/mol. The Bertz CT molecular complexity index is 830. The van der Waals surface area contributed by atoms with E-state index in [1.807, 2.05) is 0 Å². The number of benzene rings is 2. The van der Waals surface area contributed by atoms with Crippen LogP contribution < -0.4 is 4.74 Å². The van der Waals surface area contributed by atoms with E-state index in [1.165, 1.54) is 24.3 Å². The highest BCUT2D eigenvalue weighted by Gasteiger charge is 2.29. The molecule has 0 radical (unpaired) electrons. The topological polar surface area (TPSA) is 99.0 Å². The number of nitro benzene ring substituents is 1. The molecule has 0 N–H and O–H groups in total. The normalized spacial score (nSPS) is 16.8. The van der Waals surface area contributed by atoms with Gasteiger partial charge in [0.05, 0.1) is 16.4 Å². The molecule has 2 aromatic rings. The summed E-state index contributed by atoms with van der Waals surface area (Å²) < 4.78 is 35.8. The molecule has 1 unspecified atom stereocenters. The van der Waals surface area contributed by atoms with Crippen LogP contribution >= 0.6 is 0 Å². The van der Waals surface area contributed by atoms with Crippen LogP contribution in [0.5, 0.6) is 5.75 Å². The van der Waals surface area contributed by atoms with Crippen molar-refractivity contribution >= 4 is 15.5 Å². The Morgan fingerprint density at radius 3 is 2.52 bits per heavy atom. The molecule has 8 heteroatoms. The highest BCUT2D eigenvalue weighted by atomic mass is 32.2. The molecule has 1 saturated heterocycles. The molecule has 0 bridgehead atoms. The number of hydrogen-bond acceptors (Lipinski definition) is 6. The largest absolute Gasteiger partial charge is 0.491 e. The van der Waals surface area contributed by atoms with Crippen LogP contribution in [0.15, 0.2) is 58.3 Å². The summed E-state index contributed by atoms with van der Waals surface area (Å²) in [6.45, 7) is 0.880. The lowest BCUT2D eigenvalue weighted by atomic mass is 10.3. The Morgan fingerprint density at radius 1 is 1.22 bits per heavy atom. The summed E-state index contributed by atoms with van der Waals surface area (Å²) in [5, 5.41) is 11.2. The minimum Gasteiger partial charge on any atom is -0.491 e. The maximum absolute atomic E-state index is 12.7. The van der Waals surface area contributed by atoms with Crippen LogP contribution in [0, 0.1) is 10.1 Å². The minimum atomic E-state index is -4.01. The van der Waals surface area contributed by atoms with Crippen LogP contribution in [-0.4, -0.2) is 32.7 Å². The number of ether oxygens (including phenoxy) is 2. The van der Waals surface area contributed by atoms with E-state index in [0.717, 1.165) is 6.07 Å². The standard InChI is InChI=1S/C15H13NO6S/c17-16(18)14-7-6-11(21-9-12-10-22-12)8-15(14)23(19,20)13-4-2-1-3-5-13/h1-8,12H,9-10H2. The molecule has 7 nitrogen and oxygen atoms in total. The van der Waals surface area contributed by atoms with Crippen molar-refractivity contribution in [1.82, 2.24) is 0 Å². The van der Waals surface area contributed by atoms with Gasteiger partial charge in [-0.05, 0) is 18.2 Å². The molecule has 23 heavy (non-hydrogen) atoms. The van der Waals surface area contributed by atoms with Gasteiger partial charge >= 0.3 is 0 Å². The number of rotatable bonds is 6. The fraction of sp³-hybridized carbons (Fsp3) is 0.200. The summed E-state index contributed by atoms with van der Waals surface area (Å²) >= 11 is 0. The second-order valence-electron chi connectivity index (χ2n) is 4.97. The van der Waals surface area contributed by atoms with Crippen molar-refractivity contribution in [1.29, 1.82) is 0 Å². The van der Waals surface area contributed by atoms with Gasteiger partial charge in [0.15, 0.2) is 4.90 Å². The van der Waals surface area contributed by atoms with Gasteiger partial charge in [-0.15, -0.1) is 0 Å². The lowest BCUT2D eigenvalue weighted by molar-refractivity contribution is -0.387. The number of sulfone groups is 1. The second-order valence-corrected chi connectivity index (χ2v) is 6.89. The molecule has 1 aliphatic rings. The average molecular weight is 335 g/mol. The Morgan fingerprint density at radius 2 is 1.91 bits per heavy atom. The molecule has 1 heterocycles. The van der Waals surface area contributed by atoms with Crippen molar-refractivity contribution in [3.63, 3.8) is 0 Å². The van der Waals surface area contributed by atoms with Gasteiger partial charge in [-0.2, -0.15) is 0 Å². The van der Waals surface area contributed by atoms with E-state index in [2.05, 4.69) is 0 Å². The Balaban J connectivity index is 2.03. The van der Waals surface area contributed by atoms with Gasteiger partial charge in [0, 0.05) is 12.1 Å². The van der Waals surface area contributed by atoms with Gasteiger partial charge in [-0.25, -0.2) is 8.42 Å². The van der Waals surface area contributed by atoms with E-state index in [9.17, 15) is 18.5 Å². The second kappa shape index (κ2) is 5.98. The summed E-state index contributed by atoms with van der Waals surface area (Å²) in [4.78, 5) is 10.1. The van der Waals surface area contributed by atoms with Crippen LogP contribution in [0.25, 0.3) is 0 Å². The van der Waals surface area contributed by atoms with Crippen LogP contribution in [-0.2, 0) is 14.6 Å².